The molecule has 3 rings (SSSR count). The van der Waals surface area contributed by atoms with Gasteiger partial charge in [0.25, 0.3) is 5.91 Å². The SMILES string of the molecule is CCCCCCCCN1C(=O)[C@](Cc2ccccc2)(c2ccc(CNCCCC)cc2)N(C)C(=O)C1(C)C. The summed E-state index contributed by atoms with van der Waals surface area (Å²) in [5.74, 6) is 0.0140. The van der Waals surface area contributed by atoms with E-state index in [1.54, 1.807) is 4.90 Å². The monoisotopic (exact) mass is 519 g/mol. The normalized spacial score (nSPS) is 19.3. The lowest BCUT2D eigenvalue weighted by Gasteiger charge is -2.55. The van der Waals surface area contributed by atoms with Crippen LogP contribution in [0, 0.1) is 0 Å². The summed E-state index contributed by atoms with van der Waals surface area (Å²) in [4.78, 5) is 32.2. The third-order valence-electron chi connectivity index (χ3n) is 8.18. The van der Waals surface area contributed by atoms with E-state index in [2.05, 4.69) is 55.6 Å². The number of hydrogen-bond donors (Lipinski definition) is 1. The van der Waals surface area contributed by atoms with Crippen LogP contribution >= 0.6 is 0 Å². The molecule has 1 heterocycles. The fourth-order valence-corrected chi connectivity index (χ4v) is 5.69. The molecule has 2 amide bonds. The summed E-state index contributed by atoms with van der Waals surface area (Å²) < 4.78 is 0. The van der Waals surface area contributed by atoms with Crippen LogP contribution in [0.15, 0.2) is 54.6 Å². The van der Waals surface area contributed by atoms with Crippen LogP contribution in [0.25, 0.3) is 0 Å². The Morgan fingerprint density at radius 2 is 1.37 bits per heavy atom. The first-order valence-electron chi connectivity index (χ1n) is 14.7. The average Bonchev–Trinajstić information content (AvgIpc) is 2.93. The van der Waals surface area contributed by atoms with Crippen molar-refractivity contribution in [3.63, 3.8) is 0 Å². The maximum Gasteiger partial charge on any atom is 0.254 e. The van der Waals surface area contributed by atoms with E-state index >= 15 is 0 Å². The molecule has 1 atom stereocenters. The predicted octanol–water partition coefficient (Wildman–Crippen LogP) is 6.45. The Bertz CT molecular complexity index is 1020. The number of piperazine rings is 1. The fourth-order valence-electron chi connectivity index (χ4n) is 5.69. The van der Waals surface area contributed by atoms with Gasteiger partial charge in [0.1, 0.15) is 5.54 Å². The zero-order valence-corrected chi connectivity index (χ0v) is 24.4. The van der Waals surface area contributed by atoms with Crippen LogP contribution in [-0.4, -0.2) is 47.3 Å². The molecular weight excluding hydrogens is 470 g/mol. The van der Waals surface area contributed by atoms with E-state index in [4.69, 9.17) is 0 Å². The minimum absolute atomic E-state index is 0.00989. The number of unbranched alkanes of at least 4 members (excludes halogenated alkanes) is 6. The van der Waals surface area contributed by atoms with Crippen molar-refractivity contribution in [2.45, 2.75) is 103 Å². The maximum atomic E-state index is 14.6. The molecular formula is C33H49N3O2. The number of carbonyl (C=O) groups excluding carboxylic acids is 2. The lowest BCUT2D eigenvalue weighted by molar-refractivity contribution is -0.177. The van der Waals surface area contributed by atoms with Gasteiger partial charge in [-0.3, -0.25) is 9.59 Å². The number of hydrogen-bond acceptors (Lipinski definition) is 3. The Hall–Kier alpha value is -2.66. The van der Waals surface area contributed by atoms with Crippen molar-refractivity contribution < 1.29 is 9.59 Å². The largest absolute Gasteiger partial charge is 0.326 e. The second-order valence-corrected chi connectivity index (χ2v) is 11.4. The molecule has 0 bridgehead atoms. The predicted molar refractivity (Wildman–Crippen MR) is 157 cm³/mol. The van der Waals surface area contributed by atoms with Gasteiger partial charge in [-0.05, 0) is 49.9 Å². The number of carbonyl (C=O) groups is 2. The molecule has 208 valence electrons. The van der Waals surface area contributed by atoms with Crippen LogP contribution in [0.4, 0.5) is 0 Å². The Kier molecular flexibility index (Phi) is 11.0. The first-order chi connectivity index (χ1) is 18.3. The van der Waals surface area contributed by atoms with E-state index in [1.165, 1.54) is 37.7 Å². The Morgan fingerprint density at radius 3 is 2.03 bits per heavy atom. The molecule has 1 fully saturated rings. The summed E-state index contributed by atoms with van der Waals surface area (Å²) in [6.07, 6.45) is 9.64. The van der Waals surface area contributed by atoms with E-state index in [0.29, 0.717) is 13.0 Å². The molecule has 0 saturated carbocycles. The van der Waals surface area contributed by atoms with Gasteiger partial charge in [-0.15, -0.1) is 0 Å². The summed E-state index contributed by atoms with van der Waals surface area (Å²) in [7, 11) is 1.81. The van der Waals surface area contributed by atoms with Crippen LogP contribution in [0.3, 0.4) is 0 Å². The third-order valence-corrected chi connectivity index (χ3v) is 8.18. The molecule has 0 unspecified atom stereocenters. The van der Waals surface area contributed by atoms with Gasteiger partial charge < -0.3 is 15.1 Å². The second kappa shape index (κ2) is 13.9. The lowest BCUT2D eigenvalue weighted by Crippen LogP contribution is -2.73. The van der Waals surface area contributed by atoms with Crippen molar-refractivity contribution >= 4 is 11.8 Å². The number of benzene rings is 2. The molecule has 38 heavy (non-hydrogen) atoms. The summed E-state index contributed by atoms with van der Waals surface area (Å²) in [6, 6.07) is 18.4. The average molecular weight is 520 g/mol. The first kappa shape index (κ1) is 29.9. The number of amides is 2. The summed E-state index contributed by atoms with van der Waals surface area (Å²) in [6.45, 7) is 10.6. The minimum Gasteiger partial charge on any atom is -0.326 e. The molecule has 0 aliphatic carbocycles. The van der Waals surface area contributed by atoms with Gasteiger partial charge in [-0.25, -0.2) is 0 Å². The van der Waals surface area contributed by atoms with Gasteiger partial charge >= 0.3 is 0 Å². The minimum atomic E-state index is -1.08. The quantitative estimate of drug-likeness (QED) is 0.275. The summed E-state index contributed by atoms with van der Waals surface area (Å²) >= 11 is 0. The van der Waals surface area contributed by atoms with E-state index < -0.39 is 11.1 Å². The maximum absolute atomic E-state index is 14.6. The van der Waals surface area contributed by atoms with E-state index in [9.17, 15) is 9.59 Å². The van der Waals surface area contributed by atoms with Crippen LogP contribution in [-0.2, 0) is 28.1 Å². The van der Waals surface area contributed by atoms with Gasteiger partial charge in [0.05, 0.1) is 0 Å². The molecule has 5 nitrogen and oxygen atoms in total. The zero-order valence-electron chi connectivity index (χ0n) is 24.4. The molecule has 1 aliphatic heterocycles. The molecule has 1 N–H and O–H groups in total. The summed E-state index contributed by atoms with van der Waals surface area (Å²) in [5.41, 5.74) is 1.15. The number of nitrogens with zero attached hydrogens (tertiary/aromatic N) is 2. The number of rotatable bonds is 15. The van der Waals surface area contributed by atoms with Crippen molar-refractivity contribution in [1.82, 2.24) is 15.1 Å². The van der Waals surface area contributed by atoms with Crippen molar-refractivity contribution in [3.05, 3.63) is 71.3 Å². The van der Waals surface area contributed by atoms with Crippen molar-refractivity contribution in [1.29, 1.82) is 0 Å². The van der Waals surface area contributed by atoms with Crippen molar-refractivity contribution in [2.24, 2.45) is 0 Å². The van der Waals surface area contributed by atoms with Crippen LogP contribution in [0.1, 0.15) is 95.8 Å². The molecule has 2 aromatic rings. The van der Waals surface area contributed by atoms with Gasteiger partial charge in [0, 0.05) is 26.6 Å². The van der Waals surface area contributed by atoms with Gasteiger partial charge in [0.15, 0.2) is 5.54 Å². The topological polar surface area (TPSA) is 52.7 Å². The second-order valence-electron chi connectivity index (χ2n) is 11.4. The third kappa shape index (κ3) is 6.66. The van der Waals surface area contributed by atoms with Gasteiger partial charge in [0.2, 0.25) is 5.91 Å². The molecule has 0 spiro atoms. The Balaban J connectivity index is 1.95. The summed E-state index contributed by atoms with van der Waals surface area (Å²) in [5, 5.41) is 3.49. The molecule has 1 saturated heterocycles. The van der Waals surface area contributed by atoms with E-state index in [0.717, 1.165) is 43.5 Å². The molecule has 2 aromatic carbocycles. The number of likely N-dealkylation sites (N-methyl/N-ethyl adjacent to an activating group) is 1. The molecule has 0 radical (unpaired) electrons. The van der Waals surface area contributed by atoms with Crippen LogP contribution in [0.5, 0.6) is 0 Å². The number of nitrogens with one attached hydrogen (secondary N) is 1. The van der Waals surface area contributed by atoms with Gasteiger partial charge in [-0.2, -0.15) is 0 Å². The van der Waals surface area contributed by atoms with Crippen LogP contribution < -0.4 is 5.32 Å². The Morgan fingerprint density at radius 1 is 0.737 bits per heavy atom. The van der Waals surface area contributed by atoms with Crippen LogP contribution in [0.2, 0.25) is 0 Å². The Labute approximate surface area is 231 Å². The standard InChI is InChI=1S/C33H49N3O2/c1-6-8-10-11-12-16-24-36-31(38)33(25-27-17-14-13-15-18-27,35(5)30(37)32(36,3)4)29-21-19-28(20-22-29)26-34-23-9-7-2/h13-15,17-22,34H,6-12,16,23-26H2,1-5H3/t33-/m0/s1. The lowest BCUT2D eigenvalue weighted by atomic mass is 9.76. The smallest absolute Gasteiger partial charge is 0.254 e. The van der Waals surface area contributed by atoms with E-state index in [1.807, 2.05) is 44.0 Å². The zero-order chi connectivity index (χ0) is 27.6. The highest BCUT2D eigenvalue weighted by Gasteiger charge is 2.58. The fraction of sp³-hybridized carbons (Fsp3) is 0.576. The van der Waals surface area contributed by atoms with Crippen molar-refractivity contribution in [2.75, 3.05) is 20.1 Å². The first-order valence-corrected chi connectivity index (χ1v) is 14.7. The highest BCUT2D eigenvalue weighted by molar-refractivity contribution is 6.02. The van der Waals surface area contributed by atoms with Crippen molar-refractivity contribution in [3.8, 4) is 0 Å². The molecule has 1 aliphatic rings. The van der Waals surface area contributed by atoms with Gasteiger partial charge in [-0.1, -0.05) is 107 Å². The highest BCUT2D eigenvalue weighted by Crippen LogP contribution is 2.42. The molecule has 5 heteroatoms. The molecule has 0 aromatic heterocycles. The highest BCUT2D eigenvalue weighted by atomic mass is 16.2. The van der Waals surface area contributed by atoms with E-state index in [-0.39, 0.29) is 11.8 Å².